The number of halogens is 7. The van der Waals surface area contributed by atoms with Gasteiger partial charge in [-0.2, -0.15) is 30.7 Å². The fourth-order valence-electron chi connectivity index (χ4n) is 1.81. The molecule has 0 aromatic heterocycles. The van der Waals surface area contributed by atoms with E-state index < -0.39 is 42.0 Å². The van der Waals surface area contributed by atoms with Crippen LogP contribution in [0.25, 0.3) is 0 Å². The highest BCUT2D eigenvalue weighted by Gasteiger charge is 2.75. The van der Waals surface area contributed by atoms with Gasteiger partial charge in [-0.25, -0.2) is 0 Å². The van der Waals surface area contributed by atoms with E-state index in [1.807, 2.05) is 24.7 Å². The molecular formula is C17H17F7N2O3. The Morgan fingerprint density at radius 1 is 1.00 bits per heavy atom. The van der Waals surface area contributed by atoms with Crippen LogP contribution in [0, 0.1) is 13.8 Å². The summed E-state index contributed by atoms with van der Waals surface area (Å²) < 4.78 is 93.4. The number of hydrogen-bond acceptors (Lipinski definition) is 4. The van der Waals surface area contributed by atoms with Crippen molar-refractivity contribution in [3.8, 4) is 5.75 Å². The minimum absolute atomic E-state index is 0.176. The third-order valence-corrected chi connectivity index (χ3v) is 3.65. The van der Waals surface area contributed by atoms with Gasteiger partial charge in [0.25, 0.3) is 5.91 Å². The second kappa shape index (κ2) is 8.70. The standard InChI is InChI=1S/C17H17F7N2O3/c1-9-4-5-12(6-10(9)2)29-8-14(28)26-25-11(3)7-13(27)15(18,19)16(20,21)17(22,23)24/h4-7,25H,8H2,1-3H3,(H,26,28)/b11-7+. The van der Waals surface area contributed by atoms with Crippen molar-refractivity contribution in [1.29, 1.82) is 0 Å². The first-order valence-corrected chi connectivity index (χ1v) is 7.89. The predicted molar refractivity (Wildman–Crippen MR) is 87.4 cm³/mol. The number of hydrazine groups is 1. The van der Waals surface area contributed by atoms with Crippen LogP contribution in [0.1, 0.15) is 18.1 Å². The van der Waals surface area contributed by atoms with Crippen LogP contribution in [0.4, 0.5) is 30.7 Å². The molecule has 162 valence electrons. The van der Waals surface area contributed by atoms with E-state index in [9.17, 15) is 40.3 Å². The molecule has 0 saturated heterocycles. The Balaban J connectivity index is 2.65. The molecule has 0 spiro atoms. The molecule has 2 N–H and O–H groups in total. The van der Waals surface area contributed by atoms with Crippen molar-refractivity contribution in [2.75, 3.05) is 6.61 Å². The zero-order valence-corrected chi connectivity index (χ0v) is 15.4. The molecule has 0 atom stereocenters. The smallest absolute Gasteiger partial charge is 0.460 e. The van der Waals surface area contributed by atoms with Crippen LogP contribution in [0.5, 0.6) is 5.75 Å². The number of ether oxygens (including phenoxy) is 1. The van der Waals surface area contributed by atoms with Crippen molar-refractivity contribution >= 4 is 11.7 Å². The van der Waals surface area contributed by atoms with Crippen LogP contribution in [-0.4, -0.2) is 36.3 Å². The van der Waals surface area contributed by atoms with Crippen LogP contribution in [0.3, 0.4) is 0 Å². The maximum Gasteiger partial charge on any atom is 0.460 e. The lowest BCUT2D eigenvalue weighted by Gasteiger charge is -2.26. The van der Waals surface area contributed by atoms with Gasteiger partial charge in [0, 0.05) is 11.8 Å². The van der Waals surface area contributed by atoms with Gasteiger partial charge in [-0.3, -0.25) is 15.0 Å². The van der Waals surface area contributed by atoms with E-state index in [1.54, 1.807) is 18.2 Å². The molecule has 0 radical (unpaired) electrons. The molecule has 1 amide bonds. The Bertz CT molecular complexity index is 805. The van der Waals surface area contributed by atoms with Crippen molar-refractivity contribution < 1.29 is 45.1 Å². The molecule has 12 heteroatoms. The van der Waals surface area contributed by atoms with Gasteiger partial charge in [0.1, 0.15) is 5.75 Å². The molecular weight excluding hydrogens is 413 g/mol. The van der Waals surface area contributed by atoms with Crippen LogP contribution in [0.2, 0.25) is 0 Å². The van der Waals surface area contributed by atoms with Crippen molar-refractivity contribution in [1.82, 2.24) is 10.9 Å². The summed E-state index contributed by atoms with van der Waals surface area (Å²) in [5, 5.41) is 0. The van der Waals surface area contributed by atoms with Crippen molar-refractivity contribution in [2.45, 2.75) is 38.8 Å². The Hall–Kier alpha value is -2.79. The molecule has 1 aromatic carbocycles. The number of amides is 1. The lowest BCUT2D eigenvalue weighted by molar-refractivity contribution is -0.342. The number of alkyl halides is 7. The molecule has 1 rings (SSSR count). The number of rotatable bonds is 8. The highest BCUT2D eigenvalue weighted by Crippen LogP contribution is 2.47. The molecule has 1 aromatic rings. The minimum atomic E-state index is -6.62. The van der Waals surface area contributed by atoms with Crippen LogP contribution >= 0.6 is 0 Å². The number of aryl methyl sites for hydroxylation is 2. The van der Waals surface area contributed by atoms with Gasteiger partial charge in [0.15, 0.2) is 6.61 Å². The number of carbonyl (C=O) groups is 2. The average Bonchev–Trinajstić information content (AvgIpc) is 2.59. The van der Waals surface area contributed by atoms with Gasteiger partial charge in [0.05, 0.1) is 0 Å². The highest BCUT2D eigenvalue weighted by atomic mass is 19.4. The van der Waals surface area contributed by atoms with Gasteiger partial charge in [-0.05, 0) is 44.0 Å². The van der Waals surface area contributed by atoms with E-state index in [0.29, 0.717) is 5.75 Å². The van der Waals surface area contributed by atoms with Crippen LogP contribution < -0.4 is 15.6 Å². The van der Waals surface area contributed by atoms with Crippen molar-refractivity contribution in [3.05, 3.63) is 41.1 Å². The molecule has 0 fully saturated rings. The first kappa shape index (κ1) is 24.2. The number of benzene rings is 1. The molecule has 0 unspecified atom stereocenters. The molecule has 0 aliphatic heterocycles. The zero-order chi connectivity index (χ0) is 22.6. The third kappa shape index (κ3) is 5.84. The monoisotopic (exact) mass is 430 g/mol. The number of nitrogens with one attached hydrogen (secondary N) is 2. The Labute approximate surface area is 160 Å². The van der Waals surface area contributed by atoms with Gasteiger partial charge in [0.2, 0.25) is 5.78 Å². The summed E-state index contributed by atoms with van der Waals surface area (Å²) in [6.07, 6.45) is -6.80. The zero-order valence-electron chi connectivity index (χ0n) is 15.4. The molecule has 0 bridgehead atoms. The first-order valence-electron chi connectivity index (χ1n) is 7.89. The van der Waals surface area contributed by atoms with E-state index in [-0.39, 0.29) is 6.08 Å². The van der Waals surface area contributed by atoms with Crippen molar-refractivity contribution in [3.63, 3.8) is 0 Å². The quantitative estimate of drug-likeness (QED) is 0.376. The summed E-state index contributed by atoms with van der Waals surface area (Å²) in [6.45, 7) is 4.04. The number of allylic oxidation sites excluding steroid dienone is 2. The van der Waals surface area contributed by atoms with Gasteiger partial charge in [-0.1, -0.05) is 6.07 Å². The van der Waals surface area contributed by atoms with E-state index in [0.717, 1.165) is 18.1 Å². The topological polar surface area (TPSA) is 67.4 Å². The summed E-state index contributed by atoms with van der Waals surface area (Å²) in [5.41, 5.74) is 5.13. The Morgan fingerprint density at radius 3 is 2.10 bits per heavy atom. The van der Waals surface area contributed by atoms with Crippen LogP contribution in [0.15, 0.2) is 30.0 Å². The Morgan fingerprint density at radius 2 is 1.59 bits per heavy atom. The minimum Gasteiger partial charge on any atom is -0.484 e. The lowest BCUT2D eigenvalue weighted by Crippen LogP contribution is -2.55. The van der Waals surface area contributed by atoms with E-state index >= 15 is 0 Å². The summed E-state index contributed by atoms with van der Waals surface area (Å²) in [7, 11) is 0. The van der Waals surface area contributed by atoms with Gasteiger partial charge >= 0.3 is 18.0 Å². The van der Waals surface area contributed by atoms with Crippen molar-refractivity contribution in [2.24, 2.45) is 0 Å². The summed E-state index contributed by atoms with van der Waals surface area (Å²) in [4.78, 5) is 22.8. The van der Waals surface area contributed by atoms with E-state index in [4.69, 9.17) is 4.74 Å². The largest absolute Gasteiger partial charge is 0.484 e. The molecule has 0 saturated carbocycles. The molecule has 0 aliphatic carbocycles. The van der Waals surface area contributed by atoms with E-state index in [1.165, 1.54) is 0 Å². The summed E-state index contributed by atoms with van der Waals surface area (Å²) >= 11 is 0. The first-order chi connectivity index (χ1) is 13.1. The number of carbonyl (C=O) groups excluding carboxylic acids is 2. The molecule has 0 heterocycles. The molecule has 0 aliphatic rings. The number of ketones is 1. The normalized spacial score (nSPS) is 13.1. The second-order valence-corrected chi connectivity index (χ2v) is 6.05. The van der Waals surface area contributed by atoms with Gasteiger partial charge < -0.3 is 10.2 Å². The third-order valence-electron chi connectivity index (χ3n) is 3.65. The molecule has 29 heavy (non-hydrogen) atoms. The summed E-state index contributed by atoms with van der Waals surface area (Å²) in [6, 6.07) is 4.99. The lowest BCUT2D eigenvalue weighted by atomic mass is 10.1. The Kier molecular flexibility index (Phi) is 7.28. The maximum atomic E-state index is 13.2. The fraction of sp³-hybridized carbons (Fsp3) is 0.412. The maximum absolute atomic E-state index is 13.2. The van der Waals surface area contributed by atoms with Gasteiger partial charge in [-0.15, -0.1) is 0 Å². The highest BCUT2D eigenvalue weighted by molar-refractivity contribution is 5.97. The fourth-order valence-corrected chi connectivity index (χ4v) is 1.81. The van der Waals surface area contributed by atoms with E-state index in [2.05, 4.69) is 0 Å². The predicted octanol–water partition coefficient (Wildman–Crippen LogP) is 3.61. The summed E-state index contributed by atoms with van der Waals surface area (Å²) in [5.74, 6) is -15.8. The van der Waals surface area contributed by atoms with Crippen LogP contribution in [-0.2, 0) is 9.59 Å². The second-order valence-electron chi connectivity index (χ2n) is 6.05. The molecule has 5 nitrogen and oxygen atoms in total. The number of hydrogen-bond donors (Lipinski definition) is 2. The average molecular weight is 430 g/mol. The SMILES string of the molecule is C/C(=C\C(=O)C(F)(F)C(F)(F)C(F)(F)F)NNC(=O)COc1ccc(C)c(C)c1.